The number of aromatic hydroxyl groups is 1. The third-order valence-corrected chi connectivity index (χ3v) is 4.30. The first-order chi connectivity index (χ1) is 10.7. The van der Waals surface area contributed by atoms with E-state index in [9.17, 15) is 5.11 Å². The lowest BCUT2D eigenvalue weighted by Crippen LogP contribution is -2.00. The summed E-state index contributed by atoms with van der Waals surface area (Å²) in [5.41, 5.74) is 0.574. The molecular formula is C17H27NO3S. The number of nitrogens with one attached hydrogen (secondary N) is 1. The standard InChI is InChI=1S/C17H27NO3S/c1-3-12-22-17(18)15-9-8-14(13-16(15)19)21-11-7-5-4-6-10-20-2/h8-9,13,18-19H,3-7,10-12H2,1-2H3. The molecule has 5 heteroatoms. The average Bonchev–Trinajstić information content (AvgIpc) is 2.52. The minimum atomic E-state index is 0.117. The fourth-order valence-corrected chi connectivity index (χ4v) is 2.70. The second-order valence-electron chi connectivity index (χ2n) is 5.11. The number of thioether (sulfide) groups is 1. The molecular weight excluding hydrogens is 298 g/mol. The van der Waals surface area contributed by atoms with Crippen LogP contribution in [-0.2, 0) is 4.74 Å². The molecule has 124 valence electrons. The molecule has 0 saturated heterocycles. The number of ether oxygens (including phenoxy) is 2. The van der Waals surface area contributed by atoms with Crippen molar-refractivity contribution < 1.29 is 14.6 Å². The van der Waals surface area contributed by atoms with Crippen molar-refractivity contribution in [3.8, 4) is 11.5 Å². The molecule has 0 radical (unpaired) electrons. The predicted molar refractivity (Wildman–Crippen MR) is 93.5 cm³/mol. The number of phenolic OH excluding ortho intramolecular Hbond substituents is 1. The third kappa shape index (κ3) is 7.18. The van der Waals surface area contributed by atoms with Crippen molar-refractivity contribution in [1.82, 2.24) is 0 Å². The molecule has 0 aliphatic heterocycles. The summed E-state index contributed by atoms with van der Waals surface area (Å²) in [6, 6.07) is 5.18. The van der Waals surface area contributed by atoms with Gasteiger partial charge in [0.2, 0.25) is 0 Å². The quantitative estimate of drug-likeness (QED) is 0.358. The van der Waals surface area contributed by atoms with Gasteiger partial charge in [-0.25, -0.2) is 0 Å². The third-order valence-electron chi connectivity index (χ3n) is 3.18. The van der Waals surface area contributed by atoms with Crippen LogP contribution < -0.4 is 4.74 Å². The Kier molecular flexibility index (Phi) is 9.75. The van der Waals surface area contributed by atoms with Crippen LogP contribution in [0.5, 0.6) is 11.5 Å². The van der Waals surface area contributed by atoms with Crippen LogP contribution in [0.15, 0.2) is 18.2 Å². The number of hydrogen-bond donors (Lipinski definition) is 2. The Hall–Kier alpha value is -1.20. The first-order valence-corrected chi connectivity index (χ1v) is 8.84. The zero-order valence-corrected chi connectivity index (χ0v) is 14.4. The monoisotopic (exact) mass is 325 g/mol. The van der Waals surface area contributed by atoms with Crippen LogP contribution in [0.2, 0.25) is 0 Å². The lowest BCUT2D eigenvalue weighted by Gasteiger charge is -2.10. The Morgan fingerprint density at radius 1 is 1.18 bits per heavy atom. The predicted octanol–water partition coefficient (Wildman–Crippen LogP) is 4.45. The van der Waals surface area contributed by atoms with Crippen molar-refractivity contribution in [2.45, 2.75) is 39.0 Å². The number of phenols is 1. The number of unbranched alkanes of at least 4 members (excludes halogenated alkanes) is 3. The lowest BCUT2D eigenvalue weighted by atomic mass is 10.2. The molecule has 1 aromatic carbocycles. The smallest absolute Gasteiger partial charge is 0.129 e. The van der Waals surface area contributed by atoms with Crippen molar-refractivity contribution in [2.24, 2.45) is 0 Å². The second kappa shape index (κ2) is 11.4. The van der Waals surface area contributed by atoms with E-state index in [1.807, 2.05) is 6.07 Å². The van der Waals surface area contributed by atoms with Gasteiger partial charge in [0.05, 0.1) is 11.7 Å². The first-order valence-electron chi connectivity index (χ1n) is 7.85. The first kappa shape index (κ1) is 18.8. The molecule has 0 amide bonds. The molecule has 0 bridgehead atoms. The number of hydrogen-bond acceptors (Lipinski definition) is 5. The van der Waals surface area contributed by atoms with Crippen LogP contribution in [0, 0.1) is 5.41 Å². The lowest BCUT2D eigenvalue weighted by molar-refractivity contribution is 0.191. The van der Waals surface area contributed by atoms with E-state index in [0.717, 1.165) is 44.5 Å². The Labute approximate surface area is 137 Å². The van der Waals surface area contributed by atoms with Crippen LogP contribution in [0.25, 0.3) is 0 Å². The van der Waals surface area contributed by atoms with Crippen LogP contribution in [0.3, 0.4) is 0 Å². The molecule has 4 nitrogen and oxygen atoms in total. The zero-order valence-electron chi connectivity index (χ0n) is 13.6. The van der Waals surface area contributed by atoms with Crippen molar-refractivity contribution in [3.63, 3.8) is 0 Å². The molecule has 0 spiro atoms. The largest absolute Gasteiger partial charge is 0.507 e. The van der Waals surface area contributed by atoms with Crippen LogP contribution in [-0.4, -0.2) is 36.2 Å². The van der Waals surface area contributed by atoms with Gasteiger partial charge in [0, 0.05) is 25.3 Å². The van der Waals surface area contributed by atoms with E-state index in [2.05, 4.69) is 6.92 Å². The topological polar surface area (TPSA) is 62.5 Å². The summed E-state index contributed by atoms with van der Waals surface area (Å²) in [7, 11) is 1.72. The zero-order chi connectivity index (χ0) is 16.2. The maximum Gasteiger partial charge on any atom is 0.129 e. The SMILES string of the molecule is CCCSC(=N)c1ccc(OCCCCCCOC)cc1O. The maximum atomic E-state index is 10.0. The van der Waals surface area contributed by atoms with Gasteiger partial charge in [-0.1, -0.05) is 13.3 Å². The van der Waals surface area contributed by atoms with Crippen LogP contribution in [0.1, 0.15) is 44.6 Å². The van der Waals surface area contributed by atoms with Gasteiger partial charge in [-0.2, -0.15) is 0 Å². The molecule has 1 aromatic rings. The summed E-state index contributed by atoms with van der Waals surface area (Å²) in [5.74, 6) is 1.66. The van der Waals surface area contributed by atoms with Gasteiger partial charge in [-0.3, -0.25) is 5.41 Å². The Morgan fingerprint density at radius 2 is 1.91 bits per heavy atom. The van der Waals surface area contributed by atoms with Gasteiger partial charge in [-0.05, 0) is 43.6 Å². The minimum Gasteiger partial charge on any atom is -0.507 e. The van der Waals surface area contributed by atoms with Gasteiger partial charge in [0.15, 0.2) is 0 Å². The molecule has 1 rings (SSSR count). The normalized spacial score (nSPS) is 10.6. The molecule has 0 aliphatic rings. The Bertz CT molecular complexity index is 452. The highest BCUT2D eigenvalue weighted by Gasteiger charge is 2.09. The summed E-state index contributed by atoms with van der Waals surface area (Å²) >= 11 is 1.45. The van der Waals surface area contributed by atoms with E-state index in [0.29, 0.717) is 23.0 Å². The molecule has 0 saturated carbocycles. The molecule has 0 atom stereocenters. The summed E-state index contributed by atoms with van der Waals surface area (Å²) in [5, 5.41) is 18.4. The van der Waals surface area contributed by atoms with E-state index in [-0.39, 0.29) is 5.75 Å². The van der Waals surface area contributed by atoms with Gasteiger partial charge < -0.3 is 14.6 Å². The molecule has 0 unspecified atom stereocenters. The molecule has 2 N–H and O–H groups in total. The van der Waals surface area contributed by atoms with Crippen molar-refractivity contribution in [2.75, 3.05) is 26.1 Å². The van der Waals surface area contributed by atoms with Crippen molar-refractivity contribution in [3.05, 3.63) is 23.8 Å². The summed E-state index contributed by atoms with van der Waals surface area (Å²) < 4.78 is 10.6. The van der Waals surface area contributed by atoms with Gasteiger partial charge in [0.25, 0.3) is 0 Å². The fraction of sp³-hybridized carbons (Fsp3) is 0.588. The Morgan fingerprint density at radius 3 is 2.55 bits per heavy atom. The van der Waals surface area contributed by atoms with E-state index in [1.54, 1.807) is 19.2 Å². The molecule has 0 fully saturated rings. The van der Waals surface area contributed by atoms with E-state index in [4.69, 9.17) is 14.9 Å². The fourth-order valence-electron chi connectivity index (χ4n) is 1.97. The molecule has 0 heterocycles. The van der Waals surface area contributed by atoms with Gasteiger partial charge in [-0.15, -0.1) is 11.8 Å². The summed E-state index contributed by atoms with van der Waals surface area (Å²) in [4.78, 5) is 0. The van der Waals surface area contributed by atoms with Crippen LogP contribution in [0.4, 0.5) is 0 Å². The highest BCUT2D eigenvalue weighted by Crippen LogP contribution is 2.27. The Balaban J connectivity index is 2.34. The molecule has 22 heavy (non-hydrogen) atoms. The average molecular weight is 325 g/mol. The molecule has 0 aromatic heterocycles. The second-order valence-corrected chi connectivity index (χ2v) is 6.22. The highest BCUT2D eigenvalue weighted by atomic mass is 32.2. The van der Waals surface area contributed by atoms with Crippen molar-refractivity contribution in [1.29, 1.82) is 5.41 Å². The van der Waals surface area contributed by atoms with E-state index >= 15 is 0 Å². The van der Waals surface area contributed by atoms with Crippen LogP contribution >= 0.6 is 11.8 Å². The summed E-state index contributed by atoms with van der Waals surface area (Å²) in [6.45, 7) is 3.54. The minimum absolute atomic E-state index is 0.117. The number of rotatable bonds is 11. The summed E-state index contributed by atoms with van der Waals surface area (Å²) in [6.07, 6.45) is 5.36. The number of methoxy groups -OCH3 is 1. The number of benzene rings is 1. The highest BCUT2D eigenvalue weighted by molar-refractivity contribution is 8.14. The van der Waals surface area contributed by atoms with Crippen molar-refractivity contribution >= 4 is 16.8 Å². The van der Waals surface area contributed by atoms with Gasteiger partial charge >= 0.3 is 0 Å². The van der Waals surface area contributed by atoms with E-state index < -0.39 is 0 Å². The molecule has 0 aliphatic carbocycles. The van der Waals surface area contributed by atoms with Gasteiger partial charge in [0.1, 0.15) is 11.5 Å². The van der Waals surface area contributed by atoms with E-state index in [1.165, 1.54) is 11.8 Å². The maximum absolute atomic E-state index is 10.0.